The zero-order valence-corrected chi connectivity index (χ0v) is 15.6. The van der Waals surface area contributed by atoms with Gasteiger partial charge in [0.05, 0.1) is 6.26 Å². The molecule has 0 unspecified atom stereocenters. The van der Waals surface area contributed by atoms with E-state index in [2.05, 4.69) is 0 Å². The molecule has 6 heteroatoms. The highest BCUT2D eigenvalue weighted by molar-refractivity contribution is 7.88. The molecule has 0 aliphatic rings. The number of carbonyl (C=O) groups excluding carboxylic acids is 1. The number of hydrogen-bond donors (Lipinski definition) is 0. The first-order valence-corrected chi connectivity index (χ1v) is 10.00. The fraction of sp³-hybridized carbons (Fsp3) is 0.316. The second kappa shape index (κ2) is 8.27. The van der Waals surface area contributed by atoms with Crippen LogP contribution in [0.2, 0.25) is 0 Å². The number of benzene rings is 2. The monoisotopic (exact) mass is 360 g/mol. The van der Waals surface area contributed by atoms with E-state index >= 15 is 0 Å². The lowest BCUT2D eigenvalue weighted by Crippen LogP contribution is -2.43. The Hall–Kier alpha value is -2.18. The summed E-state index contributed by atoms with van der Waals surface area (Å²) in [5, 5.41) is 0. The molecule has 0 aliphatic carbocycles. The maximum absolute atomic E-state index is 13.2. The van der Waals surface area contributed by atoms with E-state index in [0.29, 0.717) is 18.7 Å². The SMILES string of the molecule is CCN(Cc1ccccc1)C(=O)[C@H](c1ccccc1)N(C)S(C)(=O)=O. The van der Waals surface area contributed by atoms with Gasteiger partial charge >= 0.3 is 0 Å². The van der Waals surface area contributed by atoms with Crippen LogP contribution in [0.4, 0.5) is 0 Å². The summed E-state index contributed by atoms with van der Waals surface area (Å²) in [6, 6.07) is 17.8. The second-order valence-corrected chi connectivity index (χ2v) is 7.97. The summed E-state index contributed by atoms with van der Waals surface area (Å²) < 4.78 is 25.3. The highest BCUT2D eigenvalue weighted by atomic mass is 32.2. The van der Waals surface area contributed by atoms with E-state index in [1.54, 1.807) is 29.2 Å². The minimum absolute atomic E-state index is 0.231. The van der Waals surface area contributed by atoms with E-state index in [-0.39, 0.29) is 5.91 Å². The first-order valence-electron chi connectivity index (χ1n) is 8.15. The van der Waals surface area contributed by atoms with Crippen LogP contribution in [0, 0.1) is 0 Å². The minimum atomic E-state index is -3.52. The van der Waals surface area contributed by atoms with Crippen LogP contribution in [0.15, 0.2) is 60.7 Å². The smallest absolute Gasteiger partial charge is 0.245 e. The lowest BCUT2D eigenvalue weighted by Gasteiger charge is -2.31. The molecular formula is C19H24N2O3S. The zero-order chi connectivity index (χ0) is 18.4. The molecule has 0 radical (unpaired) electrons. The van der Waals surface area contributed by atoms with Gasteiger partial charge in [0.1, 0.15) is 6.04 Å². The van der Waals surface area contributed by atoms with Gasteiger partial charge in [0, 0.05) is 20.1 Å². The lowest BCUT2D eigenvalue weighted by atomic mass is 10.1. The van der Waals surface area contributed by atoms with Crippen molar-refractivity contribution in [3.8, 4) is 0 Å². The molecule has 0 saturated carbocycles. The van der Waals surface area contributed by atoms with Crippen molar-refractivity contribution >= 4 is 15.9 Å². The molecule has 134 valence electrons. The van der Waals surface area contributed by atoms with Crippen molar-refractivity contribution in [2.75, 3.05) is 19.8 Å². The first-order chi connectivity index (χ1) is 11.8. The maximum atomic E-state index is 13.2. The molecule has 0 aliphatic heterocycles. The third-order valence-electron chi connectivity index (χ3n) is 4.15. The van der Waals surface area contributed by atoms with Crippen molar-refractivity contribution in [1.29, 1.82) is 0 Å². The molecule has 0 heterocycles. The molecule has 0 fully saturated rings. The third kappa shape index (κ3) is 4.90. The van der Waals surface area contributed by atoms with Gasteiger partial charge in [-0.2, -0.15) is 4.31 Å². The Morgan fingerprint density at radius 3 is 2.00 bits per heavy atom. The largest absolute Gasteiger partial charge is 0.337 e. The number of carbonyl (C=O) groups is 1. The quantitative estimate of drug-likeness (QED) is 0.763. The highest BCUT2D eigenvalue weighted by Crippen LogP contribution is 2.25. The number of nitrogens with zero attached hydrogens (tertiary/aromatic N) is 2. The van der Waals surface area contributed by atoms with Crippen LogP contribution in [-0.4, -0.2) is 43.4 Å². The average Bonchev–Trinajstić information content (AvgIpc) is 2.60. The van der Waals surface area contributed by atoms with Gasteiger partial charge in [-0.3, -0.25) is 4.79 Å². The number of rotatable bonds is 7. The maximum Gasteiger partial charge on any atom is 0.245 e. The number of sulfonamides is 1. The molecular weight excluding hydrogens is 336 g/mol. The molecule has 0 spiro atoms. The van der Waals surface area contributed by atoms with Crippen molar-refractivity contribution in [1.82, 2.24) is 9.21 Å². The van der Waals surface area contributed by atoms with E-state index in [4.69, 9.17) is 0 Å². The van der Waals surface area contributed by atoms with Crippen LogP contribution >= 0.6 is 0 Å². The van der Waals surface area contributed by atoms with E-state index < -0.39 is 16.1 Å². The topological polar surface area (TPSA) is 57.7 Å². The van der Waals surface area contributed by atoms with Crippen LogP contribution in [0.3, 0.4) is 0 Å². The standard InChI is InChI=1S/C19H24N2O3S/c1-4-21(15-16-11-7-5-8-12-16)19(22)18(20(2)25(3,23)24)17-13-9-6-10-14-17/h5-14,18H,4,15H2,1-3H3/t18-/m0/s1. The predicted octanol–water partition coefficient (Wildman–Crippen LogP) is 2.67. The van der Waals surface area contributed by atoms with Crippen LogP contribution in [0.25, 0.3) is 0 Å². The summed E-state index contributed by atoms with van der Waals surface area (Å²) in [5.74, 6) is -0.231. The summed E-state index contributed by atoms with van der Waals surface area (Å²) >= 11 is 0. The molecule has 0 aromatic heterocycles. The second-order valence-electron chi connectivity index (χ2n) is 5.93. The van der Waals surface area contributed by atoms with Gasteiger partial charge in [-0.15, -0.1) is 0 Å². The first kappa shape index (κ1) is 19.1. The highest BCUT2D eigenvalue weighted by Gasteiger charge is 2.33. The van der Waals surface area contributed by atoms with Crippen LogP contribution in [0.5, 0.6) is 0 Å². The molecule has 25 heavy (non-hydrogen) atoms. The zero-order valence-electron chi connectivity index (χ0n) is 14.8. The molecule has 2 aromatic rings. The van der Waals surface area contributed by atoms with Gasteiger partial charge in [0.15, 0.2) is 0 Å². The van der Waals surface area contributed by atoms with Gasteiger partial charge < -0.3 is 4.90 Å². The summed E-state index contributed by atoms with van der Waals surface area (Å²) in [7, 11) is -2.08. The van der Waals surface area contributed by atoms with Gasteiger partial charge in [0.2, 0.25) is 15.9 Å². The molecule has 1 amide bonds. The third-order valence-corrected chi connectivity index (χ3v) is 5.40. The minimum Gasteiger partial charge on any atom is -0.337 e. The Morgan fingerprint density at radius 1 is 1.00 bits per heavy atom. The van der Waals surface area contributed by atoms with Crippen molar-refractivity contribution < 1.29 is 13.2 Å². The summed E-state index contributed by atoms with van der Waals surface area (Å²) in [6.07, 6.45) is 1.11. The molecule has 0 N–H and O–H groups in total. The fourth-order valence-corrected chi connectivity index (χ4v) is 3.25. The molecule has 0 saturated heterocycles. The van der Waals surface area contributed by atoms with Crippen LogP contribution < -0.4 is 0 Å². The average molecular weight is 360 g/mol. The number of amides is 1. The molecule has 2 rings (SSSR count). The van der Waals surface area contributed by atoms with Gasteiger partial charge in [-0.05, 0) is 18.1 Å². The normalized spacial score (nSPS) is 12.8. The van der Waals surface area contributed by atoms with Crippen LogP contribution in [0.1, 0.15) is 24.1 Å². The lowest BCUT2D eigenvalue weighted by molar-refractivity contribution is -0.135. The molecule has 5 nitrogen and oxygen atoms in total. The van der Waals surface area contributed by atoms with E-state index in [1.807, 2.05) is 43.3 Å². The van der Waals surface area contributed by atoms with Crippen molar-refractivity contribution in [3.63, 3.8) is 0 Å². The van der Waals surface area contributed by atoms with Gasteiger partial charge in [0.25, 0.3) is 0 Å². The number of likely N-dealkylation sites (N-methyl/N-ethyl adjacent to an activating group) is 2. The molecule has 0 bridgehead atoms. The summed E-state index contributed by atoms with van der Waals surface area (Å²) in [4.78, 5) is 14.9. The van der Waals surface area contributed by atoms with Crippen molar-refractivity contribution in [2.45, 2.75) is 19.5 Å². The Balaban J connectivity index is 2.36. The fourth-order valence-electron chi connectivity index (χ4n) is 2.66. The van der Waals surface area contributed by atoms with E-state index in [0.717, 1.165) is 16.1 Å². The Morgan fingerprint density at radius 2 is 1.52 bits per heavy atom. The number of hydrogen-bond acceptors (Lipinski definition) is 3. The van der Waals surface area contributed by atoms with E-state index in [9.17, 15) is 13.2 Å². The van der Waals surface area contributed by atoms with Crippen LogP contribution in [-0.2, 0) is 21.4 Å². The Kier molecular flexibility index (Phi) is 6.33. The van der Waals surface area contributed by atoms with Gasteiger partial charge in [-0.25, -0.2) is 8.42 Å². The Labute approximate surface area is 149 Å². The summed E-state index contributed by atoms with van der Waals surface area (Å²) in [5.41, 5.74) is 1.67. The van der Waals surface area contributed by atoms with Crippen molar-refractivity contribution in [2.24, 2.45) is 0 Å². The Bertz CT molecular complexity index is 792. The molecule has 2 aromatic carbocycles. The van der Waals surface area contributed by atoms with E-state index in [1.165, 1.54) is 7.05 Å². The van der Waals surface area contributed by atoms with Crippen molar-refractivity contribution in [3.05, 3.63) is 71.8 Å². The van der Waals surface area contributed by atoms with Gasteiger partial charge in [-0.1, -0.05) is 60.7 Å². The molecule has 1 atom stereocenters. The predicted molar refractivity (Wildman–Crippen MR) is 99.3 cm³/mol. The summed E-state index contributed by atoms with van der Waals surface area (Å²) in [6.45, 7) is 2.83.